The van der Waals surface area contributed by atoms with Crippen LogP contribution in [0.25, 0.3) is 0 Å². The number of hydrogen-bond acceptors (Lipinski definition) is 6. The van der Waals surface area contributed by atoms with Gasteiger partial charge in [0, 0.05) is 13.1 Å². The van der Waals surface area contributed by atoms with Crippen molar-refractivity contribution in [2.45, 2.75) is 19.8 Å². The van der Waals surface area contributed by atoms with Gasteiger partial charge in [-0.1, -0.05) is 13.8 Å². The molecule has 2 atom stereocenters. The first-order chi connectivity index (χ1) is 8.64. The lowest BCUT2D eigenvalue weighted by atomic mass is 10.1. The van der Waals surface area contributed by atoms with Gasteiger partial charge in [-0.15, -0.1) is 0 Å². The minimum atomic E-state index is -0.0520. The molecular weight excluding hydrogens is 232 g/mol. The summed E-state index contributed by atoms with van der Waals surface area (Å²) >= 11 is 0. The molecule has 6 nitrogen and oxygen atoms in total. The molecule has 6 heteroatoms. The van der Waals surface area contributed by atoms with E-state index in [4.69, 9.17) is 14.5 Å². The molecule has 0 aromatic carbocycles. The van der Waals surface area contributed by atoms with Crippen LogP contribution in [0.15, 0.2) is 4.52 Å². The summed E-state index contributed by atoms with van der Waals surface area (Å²) in [6, 6.07) is 2.31. The summed E-state index contributed by atoms with van der Waals surface area (Å²) in [5, 5.41) is 13.1. The molecule has 0 amide bonds. The van der Waals surface area contributed by atoms with Gasteiger partial charge in [0.1, 0.15) is 0 Å². The van der Waals surface area contributed by atoms with Gasteiger partial charge in [0.2, 0.25) is 5.89 Å². The van der Waals surface area contributed by atoms with Crippen molar-refractivity contribution < 1.29 is 9.26 Å². The molecule has 96 valence electrons. The van der Waals surface area contributed by atoms with Crippen LogP contribution in [-0.4, -0.2) is 36.4 Å². The molecule has 1 saturated heterocycles. The average molecular weight is 248 g/mol. The normalized spacial score (nSPS) is 29.9. The molecule has 1 aliphatic carbocycles. The number of aromatic nitrogens is 2. The van der Waals surface area contributed by atoms with Gasteiger partial charge in [0.15, 0.2) is 0 Å². The third kappa shape index (κ3) is 1.66. The molecule has 0 N–H and O–H groups in total. The van der Waals surface area contributed by atoms with E-state index in [0.717, 1.165) is 13.1 Å². The molecule has 0 bridgehead atoms. The summed E-state index contributed by atoms with van der Waals surface area (Å²) in [5.41, 5.74) is -0.0520. The maximum Gasteiger partial charge on any atom is 0.266 e. The Hall–Kier alpha value is -1.61. The van der Waals surface area contributed by atoms with E-state index >= 15 is 0 Å². The molecule has 1 aromatic rings. The monoisotopic (exact) mass is 248 g/mol. The van der Waals surface area contributed by atoms with Crippen LogP contribution in [0.3, 0.4) is 0 Å². The van der Waals surface area contributed by atoms with E-state index in [1.165, 1.54) is 0 Å². The van der Waals surface area contributed by atoms with Crippen LogP contribution in [0.5, 0.6) is 0 Å². The van der Waals surface area contributed by atoms with Crippen LogP contribution in [-0.2, 0) is 4.74 Å². The fourth-order valence-electron chi connectivity index (χ4n) is 2.58. The molecule has 0 radical (unpaired) electrons. The lowest BCUT2D eigenvalue weighted by Crippen LogP contribution is -2.36. The molecule has 1 aromatic heterocycles. The quantitative estimate of drug-likeness (QED) is 0.782. The molecule has 3 rings (SSSR count). The highest BCUT2D eigenvalue weighted by atomic mass is 16.5. The molecule has 1 saturated carbocycles. The van der Waals surface area contributed by atoms with Crippen molar-refractivity contribution in [3.63, 3.8) is 0 Å². The van der Waals surface area contributed by atoms with E-state index in [9.17, 15) is 0 Å². The van der Waals surface area contributed by atoms with Crippen molar-refractivity contribution >= 4 is 5.95 Å². The van der Waals surface area contributed by atoms with E-state index in [2.05, 4.69) is 30.1 Å². The zero-order valence-corrected chi connectivity index (χ0v) is 10.6. The Bertz CT molecular complexity index is 485. The second kappa shape index (κ2) is 3.95. The van der Waals surface area contributed by atoms with Gasteiger partial charge in [-0.05, 0) is 10.6 Å². The Kier molecular flexibility index (Phi) is 2.52. The largest absolute Gasteiger partial charge is 0.378 e. The zero-order valence-electron chi connectivity index (χ0n) is 10.6. The van der Waals surface area contributed by atoms with Gasteiger partial charge < -0.3 is 14.2 Å². The molecule has 18 heavy (non-hydrogen) atoms. The Morgan fingerprint density at radius 3 is 2.72 bits per heavy atom. The van der Waals surface area contributed by atoms with Crippen molar-refractivity contribution in [2.75, 3.05) is 31.2 Å². The molecule has 0 spiro atoms. The number of morpholine rings is 1. The molecule has 2 unspecified atom stereocenters. The first-order valence-electron chi connectivity index (χ1n) is 6.20. The first-order valence-corrected chi connectivity index (χ1v) is 6.20. The number of hydrogen-bond donors (Lipinski definition) is 0. The zero-order chi connectivity index (χ0) is 12.8. The van der Waals surface area contributed by atoms with Crippen LogP contribution in [0.2, 0.25) is 0 Å². The number of rotatable bonds is 2. The van der Waals surface area contributed by atoms with Crippen LogP contribution in [0.1, 0.15) is 25.7 Å². The summed E-state index contributed by atoms with van der Waals surface area (Å²) in [7, 11) is 0. The molecule has 2 fully saturated rings. The van der Waals surface area contributed by atoms with Gasteiger partial charge in [0.05, 0.1) is 31.1 Å². The lowest BCUT2D eigenvalue weighted by molar-refractivity contribution is 0.121. The first kappa shape index (κ1) is 11.5. The highest BCUT2D eigenvalue weighted by molar-refractivity contribution is 5.32. The van der Waals surface area contributed by atoms with Crippen LogP contribution in [0.4, 0.5) is 5.95 Å². The van der Waals surface area contributed by atoms with Crippen LogP contribution in [0, 0.1) is 22.7 Å². The Morgan fingerprint density at radius 2 is 2.11 bits per heavy atom. The fraction of sp³-hybridized carbons (Fsp3) is 0.750. The van der Waals surface area contributed by atoms with E-state index in [1.54, 1.807) is 0 Å². The fourth-order valence-corrected chi connectivity index (χ4v) is 2.58. The summed E-state index contributed by atoms with van der Waals surface area (Å²) in [4.78, 5) is 6.48. The van der Waals surface area contributed by atoms with Crippen molar-refractivity contribution in [1.29, 1.82) is 5.26 Å². The van der Waals surface area contributed by atoms with E-state index in [0.29, 0.717) is 25.1 Å². The van der Waals surface area contributed by atoms with Gasteiger partial charge in [-0.25, -0.2) is 0 Å². The SMILES string of the molecule is CC1(C)C(C#N)C1c1nc(N2CCOCC2)no1. The predicted octanol–water partition coefficient (Wildman–Crippen LogP) is 1.17. The summed E-state index contributed by atoms with van der Waals surface area (Å²) < 4.78 is 10.6. The minimum Gasteiger partial charge on any atom is -0.378 e. The second-order valence-corrected chi connectivity index (χ2v) is 5.44. The number of ether oxygens (including phenoxy) is 1. The Balaban J connectivity index is 1.77. The van der Waals surface area contributed by atoms with Crippen molar-refractivity contribution in [2.24, 2.45) is 11.3 Å². The maximum atomic E-state index is 9.06. The number of nitriles is 1. The van der Waals surface area contributed by atoms with Gasteiger partial charge in [0.25, 0.3) is 5.95 Å². The molecule has 1 aliphatic heterocycles. The second-order valence-electron chi connectivity index (χ2n) is 5.44. The number of nitrogens with zero attached hydrogens (tertiary/aromatic N) is 4. The van der Waals surface area contributed by atoms with Crippen LogP contribution >= 0.6 is 0 Å². The Labute approximate surface area is 106 Å². The smallest absolute Gasteiger partial charge is 0.266 e. The summed E-state index contributed by atoms with van der Waals surface area (Å²) in [6.45, 7) is 7.08. The van der Waals surface area contributed by atoms with Gasteiger partial charge in [-0.2, -0.15) is 10.2 Å². The number of anilines is 1. The Morgan fingerprint density at radius 1 is 1.39 bits per heavy atom. The third-order valence-electron chi connectivity index (χ3n) is 3.96. The molecule has 2 aliphatic rings. The molecular formula is C12H16N4O2. The highest BCUT2D eigenvalue weighted by Gasteiger charge is 2.62. The molecule has 2 heterocycles. The minimum absolute atomic E-state index is 0.0181. The van der Waals surface area contributed by atoms with Crippen molar-refractivity contribution in [3.8, 4) is 6.07 Å². The maximum absolute atomic E-state index is 9.06. The highest BCUT2D eigenvalue weighted by Crippen LogP contribution is 2.63. The van der Waals surface area contributed by atoms with Crippen LogP contribution < -0.4 is 4.90 Å². The third-order valence-corrected chi connectivity index (χ3v) is 3.96. The predicted molar refractivity (Wildman–Crippen MR) is 63.0 cm³/mol. The summed E-state index contributed by atoms with van der Waals surface area (Å²) in [6.07, 6.45) is 0. The van der Waals surface area contributed by atoms with Crippen molar-refractivity contribution in [3.05, 3.63) is 5.89 Å². The average Bonchev–Trinajstić information content (AvgIpc) is 2.77. The van der Waals surface area contributed by atoms with Gasteiger partial charge in [-0.3, -0.25) is 0 Å². The lowest BCUT2D eigenvalue weighted by Gasteiger charge is -2.24. The topological polar surface area (TPSA) is 75.2 Å². The van der Waals surface area contributed by atoms with E-state index < -0.39 is 0 Å². The van der Waals surface area contributed by atoms with Crippen molar-refractivity contribution in [1.82, 2.24) is 10.1 Å². The standard InChI is InChI=1S/C12H16N4O2/c1-12(2)8(7-13)9(12)10-14-11(15-18-10)16-3-5-17-6-4-16/h8-9H,3-6H2,1-2H3. The summed E-state index contributed by atoms with van der Waals surface area (Å²) in [5.74, 6) is 1.26. The van der Waals surface area contributed by atoms with Gasteiger partial charge >= 0.3 is 0 Å². The van der Waals surface area contributed by atoms with E-state index in [1.807, 2.05) is 4.90 Å². The van der Waals surface area contributed by atoms with E-state index in [-0.39, 0.29) is 17.3 Å².